The number of ether oxygens (including phenoxy) is 1. The molecule has 8 heteroatoms. The van der Waals surface area contributed by atoms with Crippen molar-refractivity contribution in [2.45, 2.75) is 26.8 Å². The first kappa shape index (κ1) is 21.6. The lowest BCUT2D eigenvalue weighted by Gasteiger charge is -2.08. The number of amides is 3. The molecule has 0 atom stereocenters. The van der Waals surface area contributed by atoms with E-state index in [9.17, 15) is 14.4 Å². The van der Waals surface area contributed by atoms with E-state index in [0.29, 0.717) is 17.0 Å². The maximum Gasteiger partial charge on any atom is 0.329 e. The van der Waals surface area contributed by atoms with E-state index in [1.165, 1.54) is 6.21 Å². The van der Waals surface area contributed by atoms with E-state index in [2.05, 4.69) is 21.2 Å². The molecule has 0 bridgehead atoms. The van der Waals surface area contributed by atoms with Gasteiger partial charge in [0.15, 0.2) is 6.61 Å². The van der Waals surface area contributed by atoms with Crippen molar-refractivity contribution in [2.75, 3.05) is 11.9 Å². The number of hydrazone groups is 1. The van der Waals surface area contributed by atoms with Crippen molar-refractivity contribution in [1.29, 1.82) is 0 Å². The summed E-state index contributed by atoms with van der Waals surface area (Å²) >= 11 is 0. The van der Waals surface area contributed by atoms with Gasteiger partial charge in [-0.3, -0.25) is 14.4 Å². The van der Waals surface area contributed by atoms with Crippen LogP contribution in [0.1, 0.15) is 25.0 Å². The van der Waals surface area contributed by atoms with Gasteiger partial charge in [0.1, 0.15) is 5.75 Å². The van der Waals surface area contributed by atoms with E-state index >= 15 is 0 Å². The summed E-state index contributed by atoms with van der Waals surface area (Å²) in [4.78, 5) is 34.9. The van der Waals surface area contributed by atoms with Crippen molar-refractivity contribution in [3.8, 4) is 5.75 Å². The quantitative estimate of drug-likeness (QED) is 0.378. The van der Waals surface area contributed by atoms with Crippen molar-refractivity contribution in [2.24, 2.45) is 5.10 Å². The molecular weight excluding hydrogens is 372 g/mol. The number of anilines is 1. The molecule has 0 spiro atoms. The summed E-state index contributed by atoms with van der Waals surface area (Å²) in [5.41, 5.74) is 4.66. The molecular formula is C21H24N4O4. The molecule has 3 N–H and O–H groups in total. The molecule has 0 saturated heterocycles. The largest absolute Gasteiger partial charge is 0.484 e. The van der Waals surface area contributed by atoms with Gasteiger partial charge in [0.2, 0.25) is 0 Å². The van der Waals surface area contributed by atoms with Crippen molar-refractivity contribution >= 4 is 29.6 Å². The number of hydrogen-bond acceptors (Lipinski definition) is 5. The molecule has 0 aromatic heterocycles. The van der Waals surface area contributed by atoms with Crippen molar-refractivity contribution in [1.82, 2.24) is 10.7 Å². The van der Waals surface area contributed by atoms with Gasteiger partial charge >= 0.3 is 11.8 Å². The lowest BCUT2D eigenvalue weighted by atomic mass is 10.2. The van der Waals surface area contributed by atoms with Gasteiger partial charge in [-0.1, -0.05) is 17.7 Å². The molecule has 0 unspecified atom stereocenters. The zero-order valence-electron chi connectivity index (χ0n) is 16.6. The molecule has 0 fully saturated rings. The first-order chi connectivity index (χ1) is 13.8. The Kier molecular flexibility index (Phi) is 7.90. The second-order valence-corrected chi connectivity index (χ2v) is 6.60. The van der Waals surface area contributed by atoms with E-state index in [-0.39, 0.29) is 18.6 Å². The van der Waals surface area contributed by atoms with Crippen LogP contribution in [0.4, 0.5) is 5.69 Å². The minimum absolute atomic E-state index is 0.123. The Balaban J connectivity index is 1.77. The lowest BCUT2D eigenvalue weighted by molar-refractivity contribution is -0.139. The summed E-state index contributed by atoms with van der Waals surface area (Å²) in [6.07, 6.45) is 1.40. The molecule has 152 valence electrons. The van der Waals surface area contributed by atoms with Gasteiger partial charge in [-0.25, -0.2) is 5.43 Å². The molecule has 0 aliphatic rings. The van der Waals surface area contributed by atoms with Gasteiger partial charge in [-0.2, -0.15) is 5.10 Å². The first-order valence-corrected chi connectivity index (χ1v) is 9.07. The molecule has 2 aromatic carbocycles. The number of aryl methyl sites for hydroxylation is 1. The van der Waals surface area contributed by atoms with Gasteiger partial charge in [0, 0.05) is 11.7 Å². The smallest absolute Gasteiger partial charge is 0.329 e. The van der Waals surface area contributed by atoms with Gasteiger partial charge < -0.3 is 15.4 Å². The van der Waals surface area contributed by atoms with Crippen molar-refractivity contribution in [3.05, 3.63) is 59.7 Å². The lowest BCUT2D eigenvalue weighted by Crippen LogP contribution is -2.41. The van der Waals surface area contributed by atoms with Crippen LogP contribution in [-0.4, -0.2) is 36.6 Å². The molecule has 0 radical (unpaired) electrons. The summed E-state index contributed by atoms with van der Waals surface area (Å²) in [7, 11) is 0. The number of nitrogens with zero attached hydrogens (tertiary/aromatic N) is 1. The Morgan fingerprint density at radius 3 is 2.28 bits per heavy atom. The highest BCUT2D eigenvalue weighted by Crippen LogP contribution is 2.12. The summed E-state index contributed by atoms with van der Waals surface area (Å²) in [6.45, 7) is 5.36. The minimum Gasteiger partial charge on any atom is -0.484 e. The average molecular weight is 396 g/mol. The summed E-state index contributed by atoms with van der Waals surface area (Å²) in [5.74, 6) is -1.33. The topological polar surface area (TPSA) is 109 Å². The third-order valence-corrected chi connectivity index (χ3v) is 3.59. The Morgan fingerprint density at radius 2 is 1.66 bits per heavy atom. The third kappa shape index (κ3) is 7.84. The van der Waals surface area contributed by atoms with E-state index in [1.54, 1.807) is 38.1 Å². The molecule has 2 aromatic rings. The first-order valence-electron chi connectivity index (χ1n) is 9.07. The predicted octanol–water partition coefficient (Wildman–Crippen LogP) is 1.99. The Bertz CT molecular complexity index is 875. The highest BCUT2D eigenvalue weighted by Gasteiger charge is 2.12. The van der Waals surface area contributed by atoms with Gasteiger partial charge in [0.05, 0.1) is 6.21 Å². The molecule has 0 saturated carbocycles. The van der Waals surface area contributed by atoms with Crippen LogP contribution in [0.5, 0.6) is 5.75 Å². The van der Waals surface area contributed by atoms with E-state index < -0.39 is 11.8 Å². The highest BCUT2D eigenvalue weighted by atomic mass is 16.5. The SMILES string of the molecule is Cc1ccc(NC(=O)COc2ccc(/C=N\NC(=O)C(=O)NC(C)C)cc2)cc1. The number of benzene rings is 2. The van der Waals surface area contributed by atoms with Crippen LogP contribution in [0.25, 0.3) is 0 Å². The minimum atomic E-state index is -0.838. The van der Waals surface area contributed by atoms with Gasteiger partial charge in [-0.15, -0.1) is 0 Å². The van der Waals surface area contributed by atoms with Crippen molar-refractivity contribution in [3.63, 3.8) is 0 Å². The fourth-order valence-corrected chi connectivity index (χ4v) is 2.18. The second kappa shape index (κ2) is 10.6. The highest BCUT2D eigenvalue weighted by molar-refractivity contribution is 6.35. The normalized spacial score (nSPS) is 10.6. The number of nitrogens with one attached hydrogen (secondary N) is 3. The average Bonchev–Trinajstić information content (AvgIpc) is 2.68. The fraction of sp³-hybridized carbons (Fsp3) is 0.238. The van der Waals surface area contributed by atoms with E-state index in [0.717, 1.165) is 5.56 Å². The number of carbonyl (C=O) groups is 3. The summed E-state index contributed by atoms with van der Waals surface area (Å²) < 4.78 is 5.45. The Labute approximate surface area is 169 Å². The standard InChI is InChI=1S/C21H24N4O4/c1-14(2)23-20(27)21(28)25-22-12-16-6-10-18(11-7-16)29-13-19(26)24-17-8-4-15(3)5-9-17/h4-12,14H,13H2,1-3H3,(H,23,27)(H,24,26)(H,25,28)/b22-12-. The van der Waals surface area contributed by atoms with Gasteiger partial charge in [0.25, 0.3) is 5.91 Å². The molecule has 0 aliphatic heterocycles. The number of rotatable bonds is 7. The van der Waals surface area contributed by atoms with Crippen LogP contribution in [-0.2, 0) is 14.4 Å². The molecule has 8 nitrogen and oxygen atoms in total. The van der Waals surface area contributed by atoms with Crippen LogP contribution in [0.3, 0.4) is 0 Å². The summed E-state index contributed by atoms with van der Waals surface area (Å²) in [6, 6.07) is 14.1. The van der Waals surface area contributed by atoms with Crippen LogP contribution in [0.15, 0.2) is 53.6 Å². The van der Waals surface area contributed by atoms with Crippen LogP contribution in [0, 0.1) is 6.92 Å². The van der Waals surface area contributed by atoms with Crippen LogP contribution < -0.4 is 20.8 Å². The third-order valence-electron chi connectivity index (χ3n) is 3.59. The number of hydrogen-bond donors (Lipinski definition) is 3. The maximum atomic E-state index is 11.9. The van der Waals surface area contributed by atoms with Crippen molar-refractivity contribution < 1.29 is 19.1 Å². The Hall–Kier alpha value is -3.68. The van der Waals surface area contributed by atoms with Crippen LogP contribution in [0.2, 0.25) is 0 Å². The Morgan fingerprint density at radius 1 is 1.00 bits per heavy atom. The summed E-state index contributed by atoms with van der Waals surface area (Å²) in [5, 5.41) is 8.95. The fourth-order valence-electron chi connectivity index (χ4n) is 2.18. The number of carbonyl (C=O) groups excluding carboxylic acids is 3. The monoisotopic (exact) mass is 396 g/mol. The van der Waals surface area contributed by atoms with E-state index in [4.69, 9.17) is 4.74 Å². The molecule has 2 rings (SSSR count). The predicted molar refractivity (Wildman–Crippen MR) is 111 cm³/mol. The molecule has 3 amide bonds. The van der Waals surface area contributed by atoms with Gasteiger partial charge in [-0.05, 0) is 62.7 Å². The molecule has 29 heavy (non-hydrogen) atoms. The molecule has 0 aliphatic carbocycles. The zero-order valence-corrected chi connectivity index (χ0v) is 16.6. The zero-order chi connectivity index (χ0) is 21.2. The second-order valence-electron chi connectivity index (χ2n) is 6.60. The van der Waals surface area contributed by atoms with E-state index in [1.807, 2.05) is 31.2 Å². The maximum absolute atomic E-state index is 11.9. The molecule has 0 heterocycles. The van der Waals surface area contributed by atoms with Crippen LogP contribution >= 0.6 is 0 Å².